The summed E-state index contributed by atoms with van der Waals surface area (Å²) in [6.45, 7) is 11.7. The standard InChI is InChI=1S/C13H28N2/c1-4-5-13(8-14)10-15-7-6-11(2)12(3)9-15/h11-13H,4-10,14H2,1-3H3. The minimum Gasteiger partial charge on any atom is -0.330 e. The first-order valence-electron chi connectivity index (χ1n) is 6.59. The van der Waals surface area contributed by atoms with Crippen LogP contribution in [0.15, 0.2) is 0 Å². The fraction of sp³-hybridized carbons (Fsp3) is 1.00. The van der Waals surface area contributed by atoms with Gasteiger partial charge in [-0.3, -0.25) is 0 Å². The van der Waals surface area contributed by atoms with E-state index in [2.05, 4.69) is 25.7 Å². The molecule has 3 atom stereocenters. The fourth-order valence-electron chi connectivity index (χ4n) is 2.57. The lowest BCUT2D eigenvalue weighted by Gasteiger charge is -2.37. The van der Waals surface area contributed by atoms with Gasteiger partial charge in [0.05, 0.1) is 0 Å². The van der Waals surface area contributed by atoms with Crippen molar-refractivity contribution in [2.24, 2.45) is 23.5 Å². The highest BCUT2D eigenvalue weighted by Crippen LogP contribution is 2.23. The third-order valence-corrected chi connectivity index (χ3v) is 3.96. The molecular formula is C13H28N2. The van der Waals surface area contributed by atoms with Crippen molar-refractivity contribution >= 4 is 0 Å². The van der Waals surface area contributed by atoms with Crippen LogP contribution in [-0.4, -0.2) is 31.1 Å². The van der Waals surface area contributed by atoms with Crippen LogP contribution in [0, 0.1) is 17.8 Å². The number of rotatable bonds is 5. The third kappa shape index (κ3) is 4.12. The van der Waals surface area contributed by atoms with Crippen molar-refractivity contribution in [2.45, 2.75) is 40.0 Å². The van der Waals surface area contributed by atoms with E-state index < -0.39 is 0 Å². The summed E-state index contributed by atoms with van der Waals surface area (Å²) in [4.78, 5) is 2.62. The molecule has 0 aromatic heterocycles. The Morgan fingerprint density at radius 3 is 2.60 bits per heavy atom. The second kappa shape index (κ2) is 6.49. The highest BCUT2D eigenvalue weighted by Gasteiger charge is 2.23. The molecule has 0 radical (unpaired) electrons. The predicted octanol–water partition coefficient (Wildman–Crippen LogP) is 2.34. The Kier molecular flexibility index (Phi) is 5.62. The van der Waals surface area contributed by atoms with Gasteiger partial charge in [0.15, 0.2) is 0 Å². The molecule has 3 unspecified atom stereocenters. The van der Waals surface area contributed by atoms with Gasteiger partial charge in [0.2, 0.25) is 0 Å². The summed E-state index contributed by atoms with van der Waals surface area (Å²) < 4.78 is 0. The van der Waals surface area contributed by atoms with Gasteiger partial charge < -0.3 is 10.6 Å². The number of hydrogen-bond acceptors (Lipinski definition) is 2. The number of nitrogens with two attached hydrogens (primary N) is 1. The Bertz CT molecular complexity index is 170. The van der Waals surface area contributed by atoms with Crippen LogP contribution in [-0.2, 0) is 0 Å². The summed E-state index contributed by atoms with van der Waals surface area (Å²) in [7, 11) is 0. The first-order valence-corrected chi connectivity index (χ1v) is 6.59. The lowest BCUT2D eigenvalue weighted by molar-refractivity contribution is 0.119. The molecule has 0 aromatic carbocycles. The van der Waals surface area contributed by atoms with Gasteiger partial charge >= 0.3 is 0 Å². The first-order chi connectivity index (χ1) is 7.17. The van der Waals surface area contributed by atoms with Crippen molar-refractivity contribution in [1.82, 2.24) is 4.90 Å². The third-order valence-electron chi connectivity index (χ3n) is 3.96. The monoisotopic (exact) mass is 212 g/mol. The van der Waals surface area contributed by atoms with Gasteiger partial charge in [0.1, 0.15) is 0 Å². The molecule has 15 heavy (non-hydrogen) atoms. The van der Waals surface area contributed by atoms with E-state index in [-0.39, 0.29) is 0 Å². The van der Waals surface area contributed by atoms with E-state index in [1.807, 2.05) is 0 Å². The SMILES string of the molecule is CCCC(CN)CN1CCC(C)C(C)C1. The molecule has 0 aromatic rings. The summed E-state index contributed by atoms with van der Waals surface area (Å²) in [6, 6.07) is 0. The maximum Gasteiger partial charge on any atom is 0.00218 e. The molecule has 0 bridgehead atoms. The lowest BCUT2D eigenvalue weighted by atomic mass is 9.88. The average Bonchev–Trinajstić information content (AvgIpc) is 2.23. The van der Waals surface area contributed by atoms with Crippen LogP contribution in [0.5, 0.6) is 0 Å². The highest BCUT2D eigenvalue weighted by atomic mass is 15.1. The molecule has 2 heteroatoms. The Labute approximate surface area is 95.2 Å². The number of piperidine rings is 1. The van der Waals surface area contributed by atoms with Crippen LogP contribution >= 0.6 is 0 Å². The van der Waals surface area contributed by atoms with Crippen molar-refractivity contribution in [3.8, 4) is 0 Å². The van der Waals surface area contributed by atoms with Gasteiger partial charge in [-0.25, -0.2) is 0 Å². The van der Waals surface area contributed by atoms with Gasteiger partial charge in [0.25, 0.3) is 0 Å². The van der Waals surface area contributed by atoms with Crippen molar-refractivity contribution in [3.63, 3.8) is 0 Å². The lowest BCUT2D eigenvalue weighted by Crippen LogP contribution is -2.42. The normalized spacial score (nSPS) is 30.4. The molecule has 0 aliphatic carbocycles. The Hall–Kier alpha value is -0.0800. The van der Waals surface area contributed by atoms with E-state index in [4.69, 9.17) is 5.73 Å². The minimum atomic E-state index is 0.718. The number of likely N-dealkylation sites (tertiary alicyclic amines) is 1. The minimum absolute atomic E-state index is 0.718. The molecule has 2 N–H and O–H groups in total. The first kappa shape index (κ1) is 13.0. The van der Waals surface area contributed by atoms with Crippen LogP contribution < -0.4 is 5.73 Å². The molecule has 1 aliphatic heterocycles. The molecular weight excluding hydrogens is 184 g/mol. The molecule has 1 aliphatic rings. The summed E-state index contributed by atoms with van der Waals surface area (Å²) in [6.07, 6.45) is 3.92. The van der Waals surface area contributed by atoms with Gasteiger partial charge in [-0.15, -0.1) is 0 Å². The zero-order valence-corrected chi connectivity index (χ0v) is 10.7. The Morgan fingerprint density at radius 2 is 2.07 bits per heavy atom. The van der Waals surface area contributed by atoms with E-state index in [1.54, 1.807) is 0 Å². The van der Waals surface area contributed by atoms with Crippen molar-refractivity contribution in [1.29, 1.82) is 0 Å². The fourth-order valence-corrected chi connectivity index (χ4v) is 2.57. The van der Waals surface area contributed by atoms with Gasteiger partial charge in [-0.1, -0.05) is 27.2 Å². The maximum absolute atomic E-state index is 5.81. The van der Waals surface area contributed by atoms with Crippen molar-refractivity contribution < 1.29 is 0 Å². The zero-order valence-electron chi connectivity index (χ0n) is 10.7. The molecule has 0 spiro atoms. The van der Waals surface area contributed by atoms with E-state index in [0.717, 1.165) is 24.3 Å². The number of hydrogen-bond donors (Lipinski definition) is 1. The largest absolute Gasteiger partial charge is 0.330 e. The molecule has 2 nitrogen and oxygen atoms in total. The summed E-state index contributed by atoms with van der Waals surface area (Å²) >= 11 is 0. The van der Waals surface area contributed by atoms with E-state index in [1.165, 1.54) is 38.9 Å². The molecule has 0 amide bonds. The van der Waals surface area contributed by atoms with Gasteiger partial charge in [-0.05, 0) is 43.7 Å². The summed E-state index contributed by atoms with van der Waals surface area (Å²) in [5.41, 5.74) is 5.81. The Morgan fingerprint density at radius 1 is 1.33 bits per heavy atom. The van der Waals surface area contributed by atoms with Gasteiger partial charge in [0, 0.05) is 13.1 Å². The molecule has 1 rings (SSSR count). The Balaban J connectivity index is 2.31. The maximum atomic E-state index is 5.81. The van der Waals surface area contributed by atoms with Crippen molar-refractivity contribution in [2.75, 3.05) is 26.2 Å². The van der Waals surface area contributed by atoms with Crippen LogP contribution in [0.4, 0.5) is 0 Å². The number of nitrogens with zero attached hydrogens (tertiary/aromatic N) is 1. The molecule has 1 heterocycles. The molecule has 0 saturated carbocycles. The molecule has 90 valence electrons. The molecule has 1 fully saturated rings. The van der Waals surface area contributed by atoms with E-state index in [0.29, 0.717) is 0 Å². The van der Waals surface area contributed by atoms with E-state index in [9.17, 15) is 0 Å². The predicted molar refractivity (Wildman–Crippen MR) is 66.8 cm³/mol. The van der Waals surface area contributed by atoms with Crippen LogP contribution in [0.25, 0.3) is 0 Å². The van der Waals surface area contributed by atoms with Crippen LogP contribution in [0.3, 0.4) is 0 Å². The van der Waals surface area contributed by atoms with Gasteiger partial charge in [-0.2, -0.15) is 0 Å². The smallest absolute Gasteiger partial charge is 0.00218 e. The highest BCUT2D eigenvalue weighted by molar-refractivity contribution is 4.77. The second-order valence-electron chi connectivity index (χ2n) is 5.39. The second-order valence-corrected chi connectivity index (χ2v) is 5.39. The summed E-state index contributed by atoms with van der Waals surface area (Å²) in [5.74, 6) is 2.48. The van der Waals surface area contributed by atoms with E-state index >= 15 is 0 Å². The topological polar surface area (TPSA) is 29.3 Å². The van der Waals surface area contributed by atoms with Crippen molar-refractivity contribution in [3.05, 3.63) is 0 Å². The summed E-state index contributed by atoms with van der Waals surface area (Å²) in [5, 5.41) is 0. The quantitative estimate of drug-likeness (QED) is 0.758. The molecule has 1 saturated heterocycles. The average molecular weight is 212 g/mol. The van der Waals surface area contributed by atoms with Crippen LogP contribution in [0.1, 0.15) is 40.0 Å². The van der Waals surface area contributed by atoms with Crippen LogP contribution in [0.2, 0.25) is 0 Å². The zero-order chi connectivity index (χ0) is 11.3.